The summed E-state index contributed by atoms with van der Waals surface area (Å²) >= 11 is 0. The fraction of sp³-hybridized carbons (Fsp3) is 0.167. The van der Waals surface area contributed by atoms with E-state index in [0.717, 1.165) is 101 Å². The summed E-state index contributed by atoms with van der Waals surface area (Å²) in [4.78, 5) is 0. The second-order valence-corrected chi connectivity index (χ2v) is 25.0. The van der Waals surface area contributed by atoms with Gasteiger partial charge in [-0.3, -0.25) is 0 Å². The standard InChI is InChI=1S/C60H52FN3OSi/c1-39-37-60(3)59(2,50-36-43(61)29-32-49(50)51-33-30-44(38-62(51)60)66(4,5)6)35-34-42-28-31-48-47-22-13-16-27-54(47)65-57(48)55(42)58-63(39)52-25-14-15-26-53(52)64(58)56-45(40-18-9-7-10-19-40)23-17-24-46(56)41-20-11-8-12-21-41/h7-33,36,38H,1,34-35,37H2,2-6H3/q+2. The Morgan fingerprint density at radius 1 is 0.682 bits per heavy atom. The number of imidazole rings is 1. The smallest absolute Gasteiger partial charge is 0.304 e. The number of halogens is 1. The van der Waals surface area contributed by atoms with E-state index in [9.17, 15) is 0 Å². The molecular formula is C60H52FN3OSi+2. The number of hydrogen-bond donors (Lipinski definition) is 0. The lowest BCUT2D eigenvalue weighted by Crippen LogP contribution is -2.70. The third-order valence-electron chi connectivity index (χ3n) is 15.2. The summed E-state index contributed by atoms with van der Waals surface area (Å²) in [6.07, 6.45) is 4.50. The summed E-state index contributed by atoms with van der Waals surface area (Å²) in [6, 6.07) is 60.0. The van der Waals surface area contributed by atoms with Crippen LogP contribution in [-0.2, 0) is 17.4 Å². The molecule has 0 bridgehead atoms. The molecule has 2 atom stereocenters. The first-order valence-corrected chi connectivity index (χ1v) is 26.7. The molecule has 2 aliphatic rings. The fourth-order valence-electron chi connectivity index (χ4n) is 11.6. The van der Waals surface area contributed by atoms with Gasteiger partial charge >= 0.3 is 5.82 Å². The monoisotopic (exact) mass is 877 g/mol. The maximum atomic E-state index is 15.9. The van der Waals surface area contributed by atoms with Crippen LogP contribution in [0.3, 0.4) is 0 Å². The molecule has 0 amide bonds. The summed E-state index contributed by atoms with van der Waals surface area (Å²) in [7, 11) is -1.77. The van der Waals surface area contributed by atoms with Gasteiger partial charge in [-0.25, -0.2) is 4.39 Å². The van der Waals surface area contributed by atoms with Gasteiger partial charge in [0.1, 0.15) is 28.3 Å². The van der Waals surface area contributed by atoms with Crippen LogP contribution < -0.4 is 14.3 Å². The third kappa shape index (κ3) is 5.87. The van der Waals surface area contributed by atoms with Crippen LogP contribution in [-0.4, -0.2) is 12.6 Å². The van der Waals surface area contributed by atoms with Gasteiger partial charge in [-0.05, 0) is 78.4 Å². The van der Waals surface area contributed by atoms with Crippen molar-refractivity contribution in [3.8, 4) is 50.6 Å². The minimum absolute atomic E-state index is 0.212. The van der Waals surface area contributed by atoms with E-state index in [1.807, 2.05) is 12.1 Å². The molecule has 10 aromatic rings. The number of hydrogen-bond acceptors (Lipinski definition) is 1. The maximum absolute atomic E-state index is 15.9. The van der Waals surface area contributed by atoms with Crippen molar-refractivity contribution in [2.45, 2.75) is 63.7 Å². The van der Waals surface area contributed by atoms with E-state index >= 15 is 4.39 Å². The molecule has 0 radical (unpaired) electrons. The highest BCUT2D eigenvalue weighted by molar-refractivity contribution is 6.88. The van der Waals surface area contributed by atoms with Crippen molar-refractivity contribution in [3.63, 3.8) is 0 Å². The van der Waals surface area contributed by atoms with Crippen LogP contribution in [0.2, 0.25) is 19.6 Å². The van der Waals surface area contributed by atoms with E-state index in [-0.39, 0.29) is 5.82 Å². The van der Waals surface area contributed by atoms with E-state index in [1.54, 1.807) is 6.07 Å². The quantitative estimate of drug-likeness (QED) is 0.128. The highest BCUT2D eigenvalue weighted by atomic mass is 28.3. The molecular weight excluding hydrogens is 826 g/mol. The zero-order valence-electron chi connectivity index (χ0n) is 38.2. The normalized spacial score (nSPS) is 18.1. The van der Waals surface area contributed by atoms with Gasteiger partial charge in [0.15, 0.2) is 28.4 Å². The van der Waals surface area contributed by atoms with Crippen LogP contribution in [0.25, 0.3) is 89.3 Å². The van der Waals surface area contributed by atoms with E-state index in [4.69, 9.17) is 11.0 Å². The van der Waals surface area contributed by atoms with Crippen molar-refractivity contribution in [3.05, 3.63) is 200 Å². The lowest BCUT2D eigenvalue weighted by Gasteiger charge is -2.47. The zero-order valence-corrected chi connectivity index (χ0v) is 39.2. The van der Waals surface area contributed by atoms with Gasteiger partial charge in [-0.2, -0.15) is 13.7 Å². The highest BCUT2D eigenvalue weighted by Gasteiger charge is 2.60. The molecule has 2 unspecified atom stereocenters. The van der Waals surface area contributed by atoms with E-state index in [1.165, 1.54) is 10.8 Å². The molecule has 12 rings (SSSR count). The number of furan rings is 1. The van der Waals surface area contributed by atoms with Crippen molar-refractivity contribution in [2.24, 2.45) is 0 Å². The Morgan fingerprint density at radius 2 is 1.36 bits per heavy atom. The van der Waals surface area contributed by atoms with Crippen molar-refractivity contribution in [1.82, 2.24) is 4.57 Å². The molecule has 7 aromatic carbocycles. The first-order valence-electron chi connectivity index (χ1n) is 23.2. The molecule has 2 aliphatic heterocycles. The Labute approximate surface area is 386 Å². The van der Waals surface area contributed by atoms with Gasteiger partial charge in [0.2, 0.25) is 5.69 Å². The van der Waals surface area contributed by atoms with E-state index < -0.39 is 19.0 Å². The van der Waals surface area contributed by atoms with Crippen LogP contribution in [0.4, 0.5) is 4.39 Å². The number of para-hydroxylation sites is 4. The first-order chi connectivity index (χ1) is 31.9. The topological polar surface area (TPSA) is 25.8 Å². The summed E-state index contributed by atoms with van der Waals surface area (Å²) in [5, 5.41) is 3.54. The number of rotatable bonds is 4. The van der Waals surface area contributed by atoms with Gasteiger partial charge in [0, 0.05) is 40.1 Å². The Kier molecular flexibility index (Phi) is 8.98. The predicted octanol–water partition coefficient (Wildman–Crippen LogP) is 14.0. The van der Waals surface area contributed by atoms with Crippen LogP contribution >= 0.6 is 0 Å². The van der Waals surface area contributed by atoms with Crippen LogP contribution in [0.15, 0.2) is 187 Å². The van der Waals surface area contributed by atoms with E-state index in [2.05, 4.69) is 205 Å². The highest BCUT2D eigenvalue weighted by Crippen LogP contribution is 2.53. The largest absolute Gasteiger partial charge is 0.455 e. The number of pyridine rings is 1. The maximum Gasteiger partial charge on any atom is 0.304 e. The number of aromatic nitrogens is 3. The molecule has 322 valence electrons. The van der Waals surface area contributed by atoms with Crippen molar-refractivity contribution in [1.29, 1.82) is 0 Å². The fourth-order valence-corrected chi connectivity index (χ4v) is 12.7. The van der Waals surface area contributed by atoms with Crippen molar-refractivity contribution >= 4 is 51.9 Å². The number of fused-ring (bicyclic) bond motifs is 15. The predicted molar refractivity (Wildman–Crippen MR) is 271 cm³/mol. The average molecular weight is 878 g/mol. The van der Waals surface area contributed by atoms with Gasteiger partial charge in [-0.15, -0.1) is 0 Å². The molecule has 6 heteroatoms. The number of allylic oxidation sites excluding steroid dienone is 1. The summed E-state index contributed by atoms with van der Waals surface area (Å²) in [6.45, 7) is 17.2. The molecule has 5 heterocycles. The first kappa shape index (κ1) is 40.4. The Hall–Kier alpha value is -7.15. The van der Waals surface area contributed by atoms with Gasteiger partial charge in [0.05, 0.1) is 25.5 Å². The Morgan fingerprint density at radius 3 is 2.09 bits per heavy atom. The van der Waals surface area contributed by atoms with Gasteiger partial charge in [0.25, 0.3) is 0 Å². The van der Waals surface area contributed by atoms with E-state index in [0.29, 0.717) is 12.8 Å². The molecule has 0 aliphatic carbocycles. The van der Waals surface area contributed by atoms with Crippen molar-refractivity contribution < 1.29 is 17.9 Å². The second-order valence-electron chi connectivity index (χ2n) is 20.0. The van der Waals surface area contributed by atoms with Crippen LogP contribution in [0, 0.1) is 5.82 Å². The molecule has 0 saturated carbocycles. The number of nitrogens with zero attached hydrogens (tertiary/aromatic N) is 3. The molecule has 4 nitrogen and oxygen atoms in total. The number of aryl methyl sites for hydroxylation is 1. The zero-order chi connectivity index (χ0) is 45.1. The molecule has 0 fully saturated rings. The summed E-state index contributed by atoms with van der Waals surface area (Å²) < 4.78 is 30.5. The van der Waals surface area contributed by atoms with Crippen molar-refractivity contribution in [2.75, 3.05) is 0 Å². The Bertz CT molecular complexity index is 3560. The lowest BCUT2D eigenvalue weighted by molar-refractivity contribution is -0.765. The molecule has 0 spiro atoms. The average Bonchev–Trinajstić information content (AvgIpc) is 3.88. The SMILES string of the molecule is C=C1CC2(C)[n+]3cc([Si](C)(C)C)ccc3-c3ccc(F)cc3C2(C)CCc2ccc3c(oc4ccccc43)c2-c2n(-c3c(-c4ccccc4)cccc3-c3ccccc3)c3ccccc3[n+]21. The van der Waals surface area contributed by atoms with Crippen LogP contribution in [0.5, 0.6) is 0 Å². The molecule has 3 aromatic heterocycles. The lowest BCUT2D eigenvalue weighted by atomic mass is 9.59. The number of benzene rings is 7. The third-order valence-corrected chi connectivity index (χ3v) is 17.2. The minimum Gasteiger partial charge on any atom is -0.455 e. The summed E-state index contributed by atoms with van der Waals surface area (Å²) in [5.41, 5.74) is 14.7. The van der Waals surface area contributed by atoms with Crippen LogP contribution in [0.1, 0.15) is 37.8 Å². The summed E-state index contributed by atoms with van der Waals surface area (Å²) in [5.74, 6) is 0.785. The molecule has 66 heavy (non-hydrogen) atoms. The molecule has 0 saturated heterocycles. The molecule has 0 N–H and O–H groups in total. The Balaban J connectivity index is 1.25. The van der Waals surface area contributed by atoms with Gasteiger partial charge in [-0.1, -0.05) is 154 Å². The second kappa shape index (κ2) is 14.7. The minimum atomic E-state index is -1.77. The van der Waals surface area contributed by atoms with Gasteiger partial charge < -0.3 is 4.42 Å².